The molecule has 3 heteroatoms. The van der Waals surface area contributed by atoms with Crippen LogP contribution in [-0.2, 0) is 4.74 Å². The largest absolute Gasteiger partial charge is 0.368 e. The summed E-state index contributed by atoms with van der Waals surface area (Å²) in [5, 5.41) is 3.27. The Hall–Kier alpha value is -0.120. The van der Waals surface area contributed by atoms with E-state index in [2.05, 4.69) is 45.0 Å². The van der Waals surface area contributed by atoms with Crippen molar-refractivity contribution < 1.29 is 4.74 Å². The van der Waals surface area contributed by atoms with Crippen LogP contribution in [0.2, 0.25) is 0 Å². The molecule has 1 unspecified atom stereocenters. The van der Waals surface area contributed by atoms with E-state index >= 15 is 0 Å². The van der Waals surface area contributed by atoms with Crippen LogP contribution in [0.15, 0.2) is 0 Å². The third-order valence-corrected chi connectivity index (χ3v) is 4.92. The summed E-state index contributed by atoms with van der Waals surface area (Å²) < 4.78 is 6.24. The number of likely N-dealkylation sites (tertiary alicyclic amines) is 1. The van der Waals surface area contributed by atoms with Crippen LogP contribution >= 0.6 is 0 Å². The number of hydrogen-bond acceptors (Lipinski definition) is 3. The molecule has 0 aromatic rings. The van der Waals surface area contributed by atoms with Crippen LogP contribution in [0.1, 0.15) is 53.4 Å². The molecule has 1 atom stereocenters. The number of rotatable bonds is 4. The van der Waals surface area contributed by atoms with Gasteiger partial charge in [-0.1, -0.05) is 0 Å². The second-order valence-electron chi connectivity index (χ2n) is 7.56. The molecule has 3 nitrogen and oxygen atoms in total. The molecule has 2 fully saturated rings. The van der Waals surface area contributed by atoms with E-state index in [0.29, 0.717) is 6.04 Å². The smallest absolute Gasteiger partial charge is 0.0789 e. The van der Waals surface area contributed by atoms with Crippen molar-refractivity contribution in [3.63, 3.8) is 0 Å². The molecular formula is C16H32N2O. The molecule has 0 radical (unpaired) electrons. The van der Waals surface area contributed by atoms with Crippen molar-refractivity contribution >= 4 is 0 Å². The Morgan fingerprint density at radius 2 is 1.79 bits per heavy atom. The molecule has 0 aromatic heterocycles. The maximum absolute atomic E-state index is 6.24. The topological polar surface area (TPSA) is 24.5 Å². The predicted octanol–water partition coefficient (Wildman–Crippen LogP) is 2.65. The van der Waals surface area contributed by atoms with Gasteiger partial charge in [0.1, 0.15) is 0 Å². The van der Waals surface area contributed by atoms with Crippen molar-refractivity contribution in [2.75, 3.05) is 26.7 Å². The summed E-state index contributed by atoms with van der Waals surface area (Å²) in [4.78, 5) is 2.69. The SMILES string of the molecule is CNCCC1CCN(C2CC(C)(C)OC2(C)C)CC1. The lowest BCUT2D eigenvalue weighted by Crippen LogP contribution is -2.49. The minimum Gasteiger partial charge on any atom is -0.368 e. The highest BCUT2D eigenvalue weighted by Crippen LogP contribution is 2.41. The molecule has 0 amide bonds. The summed E-state index contributed by atoms with van der Waals surface area (Å²) >= 11 is 0. The standard InChI is InChI=1S/C16H32N2O/c1-15(2)12-14(16(3,4)19-15)18-10-7-13(8-11-18)6-9-17-5/h13-14,17H,6-12H2,1-5H3. The normalized spacial score (nSPS) is 31.7. The fourth-order valence-electron chi connectivity index (χ4n) is 4.00. The molecule has 19 heavy (non-hydrogen) atoms. The molecule has 1 N–H and O–H groups in total. The van der Waals surface area contributed by atoms with Gasteiger partial charge in [-0.05, 0) is 86.0 Å². The third-order valence-electron chi connectivity index (χ3n) is 4.92. The van der Waals surface area contributed by atoms with E-state index in [4.69, 9.17) is 4.74 Å². The van der Waals surface area contributed by atoms with Gasteiger partial charge in [0, 0.05) is 6.04 Å². The molecule has 0 bridgehead atoms. The van der Waals surface area contributed by atoms with Gasteiger partial charge in [0.15, 0.2) is 0 Å². The van der Waals surface area contributed by atoms with Gasteiger partial charge in [0.2, 0.25) is 0 Å². The Morgan fingerprint density at radius 3 is 2.26 bits per heavy atom. The van der Waals surface area contributed by atoms with Gasteiger partial charge >= 0.3 is 0 Å². The number of piperidine rings is 1. The van der Waals surface area contributed by atoms with Gasteiger partial charge in [-0.15, -0.1) is 0 Å². The lowest BCUT2D eigenvalue weighted by Gasteiger charge is -2.40. The van der Waals surface area contributed by atoms with Crippen molar-refractivity contribution in [2.45, 2.75) is 70.6 Å². The molecule has 2 aliphatic heterocycles. The Labute approximate surface area is 119 Å². The van der Waals surface area contributed by atoms with Crippen molar-refractivity contribution in [3.8, 4) is 0 Å². The Balaban J connectivity index is 1.87. The average Bonchev–Trinajstić information content (AvgIpc) is 2.55. The van der Waals surface area contributed by atoms with Crippen LogP contribution in [0.4, 0.5) is 0 Å². The summed E-state index contributed by atoms with van der Waals surface area (Å²) in [6, 6.07) is 0.591. The second kappa shape index (κ2) is 5.71. The third kappa shape index (κ3) is 3.71. The first kappa shape index (κ1) is 15.3. The van der Waals surface area contributed by atoms with E-state index in [9.17, 15) is 0 Å². The van der Waals surface area contributed by atoms with Gasteiger partial charge in [-0.2, -0.15) is 0 Å². The average molecular weight is 268 g/mol. The molecule has 2 rings (SSSR count). The van der Waals surface area contributed by atoms with Crippen molar-refractivity contribution in [1.82, 2.24) is 10.2 Å². The zero-order valence-electron chi connectivity index (χ0n) is 13.5. The highest BCUT2D eigenvalue weighted by atomic mass is 16.5. The summed E-state index contributed by atoms with van der Waals surface area (Å²) in [5.74, 6) is 0.919. The second-order valence-corrected chi connectivity index (χ2v) is 7.56. The molecular weight excluding hydrogens is 236 g/mol. The van der Waals surface area contributed by atoms with Gasteiger partial charge in [-0.3, -0.25) is 4.90 Å². The molecule has 0 aliphatic carbocycles. The summed E-state index contributed by atoms with van der Waals surface area (Å²) in [5.41, 5.74) is 0.0401. The maximum atomic E-state index is 6.24. The summed E-state index contributed by atoms with van der Waals surface area (Å²) in [6.45, 7) is 12.7. The molecule has 2 saturated heterocycles. The van der Waals surface area contributed by atoms with Crippen LogP contribution in [-0.4, -0.2) is 48.8 Å². The lowest BCUT2D eigenvalue weighted by molar-refractivity contribution is -0.0828. The maximum Gasteiger partial charge on any atom is 0.0789 e. The van der Waals surface area contributed by atoms with Crippen LogP contribution in [0, 0.1) is 5.92 Å². The Bertz CT molecular complexity index is 293. The van der Waals surface area contributed by atoms with Crippen molar-refractivity contribution in [1.29, 1.82) is 0 Å². The summed E-state index contributed by atoms with van der Waals surface area (Å²) in [6.07, 6.45) is 5.21. The molecule has 2 aliphatic rings. The number of hydrogen-bond donors (Lipinski definition) is 1. The first-order valence-electron chi connectivity index (χ1n) is 7.93. The van der Waals surface area contributed by atoms with E-state index in [1.165, 1.54) is 38.8 Å². The molecule has 112 valence electrons. The van der Waals surface area contributed by atoms with Gasteiger partial charge < -0.3 is 10.1 Å². The van der Waals surface area contributed by atoms with Crippen LogP contribution in [0.5, 0.6) is 0 Å². The fraction of sp³-hybridized carbons (Fsp3) is 1.00. The monoisotopic (exact) mass is 268 g/mol. The van der Waals surface area contributed by atoms with Crippen LogP contribution in [0.25, 0.3) is 0 Å². The van der Waals surface area contributed by atoms with Crippen LogP contribution in [0.3, 0.4) is 0 Å². The summed E-state index contributed by atoms with van der Waals surface area (Å²) in [7, 11) is 2.05. The van der Waals surface area contributed by atoms with Gasteiger partial charge in [0.05, 0.1) is 11.2 Å². The minimum atomic E-state index is 0.00130. The van der Waals surface area contributed by atoms with E-state index < -0.39 is 0 Å². The van der Waals surface area contributed by atoms with Gasteiger partial charge in [0.25, 0.3) is 0 Å². The van der Waals surface area contributed by atoms with Crippen molar-refractivity contribution in [3.05, 3.63) is 0 Å². The zero-order valence-corrected chi connectivity index (χ0v) is 13.5. The number of nitrogens with zero attached hydrogens (tertiary/aromatic N) is 1. The van der Waals surface area contributed by atoms with E-state index in [-0.39, 0.29) is 11.2 Å². The Kier molecular flexibility index (Phi) is 4.59. The van der Waals surface area contributed by atoms with E-state index in [1.807, 2.05) is 0 Å². The molecule has 0 aromatic carbocycles. The minimum absolute atomic E-state index is 0.00130. The molecule has 0 spiro atoms. The van der Waals surface area contributed by atoms with Gasteiger partial charge in [-0.25, -0.2) is 0 Å². The van der Waals surface area contributed by atoms with E-state index in [1.54, 1.807) is 0 Å². The number of nitrogens with one attached hydrogen (secondary N) is 1. The van der Waals surface area contributed by atoms with Crippen molar-refractivity contribution in [2.24, 2.45) is 5.92 Å². The highest BCUT2D eigenvalue weighted by molar-refractivity contribution is 5.00. The highest BCUT2D eigenvalue weighted by Gasteiger charge is 2.48. The zero-order chi connectivity index (χ0) is 14.1. The first-order chi connectivity index (χ1) is 8.84. The number of ether oxygens (including phenoxy) is 1. The fourth-order valence-corrected chi connectivity index (χ4v) is 4.00. The lowest BCUT2D eigenvalue weighted by atomic mass is 9.88. The quantitative estimate of drug-likeness (QED) is 0.848. The Morgan fingerprint density at radius 1 is 1.16 bits per heavy atom. The molecule has 0 saturated carbocycles. The van der Waals surface area contributed by atoms with E-state index in [0.717, 1.165) is 12.5 Å². The van der Waals surface area contributed by atoms with Crippen LogP contribution < -0.4 is 5.32 Å². The molecule has 2 heterocycles. The first-order valence-corrected chi connectivity index (χ1v) is 7.93. The predicted molar refractivity (Wildman–Crippen MR) is 80.5 cm³/mol.